The van der Waals surface area contributed by atoms with Gasteiger partial charge in [0, 0.05) is 25.8 Å². The number of aromatic amines is 1. The summed E-state index contributed by atoms with van der Waals surface area (Å²) in [6, 6.07) is 1.87. The molecule has 0 bridgehead atoms. The highest BCUT2D eigenvalue weighted by atomic mass is 16.5. The normalized spacial score (nSPS) is 14.8. The van der Waals surface area contributed by atoms with E-state index < -0.39 is 5.60 Å². The summed E-state index contributed by atoms with van der Waals surface area (Å²) in [5, 5.41) is 3.25. The predicted molar refractivity (Wildman–Crippen MR) is 71.5 cm³/mol. The number of hydrogen-bond acceptors (Lipinski definition) is 4. The number of rotatable bonds is 6. The number of ether oxygens (including phenoxy) is 1. The summed E-state index contributed by atoms with van der Waals surface area (Å²) in [4.78, 5) is 18.9. The zero-order valence-electron chi connectivity index (χ0n) is 11.8. The molecule has 0 amide bonds. The molecule has 18 heavy (non-hydrogen) atoms. The molecule has 0 spiro atoms. The predicted octanol–water partition coefficient (Wildman–Crippen LogP) is 1.54. The highest BCUT2D eigenvalue weighted by Gasteiger charge is 2.27. The van der Waals surface area contributed by atoms with Crippen molar-refractivity contribution in [2.45, 2.75) is 52.3 Å². The molecule has 0 aliphatic heterocycles. The number of nitrogens with zero attached hydrogens (tertiary/aromatic N) is 1. The molecule has 1 heterocycles. The van der Waals surface area contributed by atoms with Gasteiger partial charge in [-0.15, -0.1) is 0 Å². The SMILES string of the molecule is CCC(C)(OC)c1nc(CNC(C)C)cc(=O)[nH]1. The Hall–Kier alpha value is -1.20. The molecule has 1 unspecified atom stereocenters. The first kappa shape index (κ1) is 14.9. The van der Waals surface area contributed by atoms with E-state index in [0.717, 1.165) is 12.1 Å². The lowest BCUT2D eigenvalue weighted by molar-refractivity contribution is -0.00937. The maximum Gasteiger partial charge on any atom is 0.251 e. The zero-order chi connectivity index (χ0) is 13.8. The second-order valence-electron chi connectivity index (χ2n) is 4.91. The lowest BCUT2D eigenvalue weighted by Crippen LogP contribution is -2.31. The Bertz CT molecular complexity index is 436. The van der Waals surface area contributed by atoms with Crippen molar-refractivity contribution in [3.8, 4) is 0 Å². The molecular formula is C13H23N3O2. The highest BCUT2D eigenvalue weighted by Crippen LogP contribution is 2.24. The molecule has 5 heteroatoms. The van der Waals surface area contributed by atoms with Crippen LogP contribution in [0.4, 0.5) is 0 Å². The van der Waals surface area contributed by atoms with E-state index in [1.165, 1.54) is 6.07 Å². The average Bonchev–Trinajstić information content (AvgIpc) is 2.34. The third kappa shape index (κ3) is 3.65. The molecule has 5 nitrogen and oxygen atoms in total. The zero-order valence-corrected chi connectivity index (χ0v) is 11.8. The highest BCUT2D eigenvalue weighted by molar-refractivity contribution is 5.08. The van der Waals surface area contributed by atoms with Crippen molar-refractivity contribution in [1.29, 1.82) is 0 Å². The largest absolute Gasteiger partial charge is 0.371 e. The molecule has 0 aliphatic rings. The van der Waals surface area contributed by atoms with Crippen LogP contribution in [-0.4, -0.2) is 23.1 Å². The summed E-state index contributed by atoms with van der Waals surface area (Å²) in [5.74, 6) is 0.584. The van der Waals surface area contributed by atoms with Crippen LogP contribution in [0.15, 0.2) is 10.9 Å². The quantitative estimate of drug-likeness (QED) is 0.807. The van der Waals surface area contributed by atoms with Crippen LogP contribution in [0.5, 0.6) is 0 Å². The van der Waals surface area contributed by atoms with Crippen LogP contribution in [-0.2, 0) is 16.9 Å². The van der Waals surface area contributed by atoms with Crippen molar-refractivity contribution in [1.82, 2.24) is 15.3 Å². The van der Waals surface area contributed by atoms with E-state index in [1.807, 2.05) is 13.8 Å². The van der Waals surface area contributed by atoms with Crippen molar-refractivity contribution < 1.29 is 4.74 Å². The van der Waals surface area contributed by atoms with Crippen molar-refractivity contribution in [2.24, 2.45) is 0 Å². The fourth-order valence-electron chi connectivity index (χ4n) is 1.57. The van der Waals surface area contributed by atoms with Crippen LogP contribution < -0.4 is 10.9 Å². The molecule has 1 rings (SSSR count). The van der Waals surface area contributed by atoms with Gasteiger partial charge < -0.3 is 15.0 Å². The summed E-state index contributed by atoms with van der Waals surface area (Å²) < 4.78 is 5.46. The molecule has 0 saturated carbocycles. The first-order valence-corrected chi connectivity index (χ1v) is 6.30. The van der Waals surface area contributed by atoms with E-state index >= 15 is 0 Å². The summed E-state index contributed by atoms with van der Waals surface area (Å²) in [6.07, 6.45) is 0.744. The van der Waals surface area contributed by atoms with Gasteiger partial charge in [-0.2, -0.15) is 0 Å². The van der Waals surface area contributed by atoms with Gasteiger partial charge in [0.15, 0.2) is 0 Å². The van der Waals surface area contributed by atoms with Gasteiger partial charge in [0.25, 0.3) is 5.56 Å². The second kappa shape index (κ2) is 6.11. The number of hydrogen-bond donors (Lipinski definition) is 2. The van der Waals surface area contributed by atoms with Crippen LogP contribution >= 0.6 is 0 Å². The molecule has 0 radical (unpaired) electrons. The first-order chi connectivity index (χ1) is 8.41. The third-order valence-electron chi connectivity index (χ3n) is 3.11. The Morgan fingerprint density at radius 2 is 2.22 bits per heavy atom. The molecular weight excluding hydrogens is 230 g/mol. The fourth-order valence-corrected chi connectivity index (χ4v) is 1.57. The Morgan fingerprint density at radius 1 is 1.56 bits per heavy atom. The average molecular weight is 253 g/mol. The summed E-state index contributed by atoms with van der Waals surface area (Å²) in [5.41, 5.74) is 0.0453. The van der Waals surface area contributed by atoms with Gasteiger partial charge in [0.05, 0.1) is 5.69 Å². The van der Waals surface area contributed by atoms with Crippen molar-refractivity contribution >= 4 is 0 Å². The van der Waals surface area contributed by atoms with E-state index in [0.29, 0.717) is 18.4 Å². The van der Waals surface area contributed by atoms with E-state index in [-0.39, 0.29) is 5.56 Å². The number of methoxy groups -OCH3 is 1. The van der Waals surface area contributed by atoms with Gasteiger partial charge in [0.2, 0.25) is 0 Å². The van der Waals surface area contributed by atoms with Crippen LogP contribution in [0.2, 0.25) is 0 Å². The van der Waals surface area contributed by atoms with E-state index in [1.54, 1.807) is 7.11 Å². The topological polar surface area (TPSA) is 67.0 Å². The van der Waals surface area contributed by atoms with Crippen LogP contribution in [0, 0.1) is 0 Å². The number of nitrogens with one attached hydrogen (secondary N) is 2. The van der Waals surface area contributed by atoms with Gasteiger partial charge in [-0.05, 0) is 13.3 Å². The smallest absolute Gasteiger partial charge is 0.251 e. The van der Waals surface area contributed by atoms with Crippen LogP contribution in [0.25, 0.3) is 0 Å². The van der Waals surface area contributed by atoms with Gasteiger partial charge in [-0.1, -0.05) is 20.8 Å². The van der Waals surface area contributed by atoms with Crippen molar-refractivity contribution in [2.75, 3.05) is 7.11 Å². The van der Waals surface area contributed by atoms with Crippen LogP contribution in [0.1, 0.15) is 45.6 Å². The third-order valence-corrected chi connectivity index (χ3v) is 3.11. The standard InChI is InChI=1S/C13H23N3O2/c1-6-13(4,18-5)12-15-10(7-11(17)16-12)8-14-9(2)3/h7,9,14H,6,8H2,1-5H3,(H,15,16,17). The van der Waals surface area contributed by atoms with Crippen LogP contribution in [0.3, 0.4) is 0 Å². The molecule has 1 aromatic rings. The lowest BCUT2D eigenvalue weighted by atomic mass is 10.0. The van der Waals surface area contributed by atoms with Crippen molar-refractivity contribution in [3.63, 3.8) is 0 Å². The fraction of sp³-hybridized carbons (Fsp3) is 0.692. The van der Waals surface area contributed by atoms with E-state index in [2.05, 4.69) is 29.1 Å². The minimum absolute atomic E-state index is 0.141. The molecule has 0 aromatic carbocycles. The van der Waals surface area contributed by atoms with Gasteiger partial charge in [-0.3, -0.25) is 4.79 Å². The number of aromatic nitrogens is 2. The Balaban J connectivity index is 3.04. The summed E-state index contributed by atoms with van der Waals surface area (Å²) >= 11 is 0. The molecule has 102 valence electrons. The minimum atomic E-state index is -0.549. The lowest BCUT2D eigenvalue weighted by Gasteiger charge is -2.25. The molecule has 2 N–H and O–H groups in total. The second-order valence-corrected chi connectivity index (χ2v) is 4.91. The molecule has 1 atom stereocenters. The van der Waals surface area contributed by atoms with Crippen molar-refractivity contribution in [3.05, 3.63) is 27.9 Å². The van der Waals surface area contributed by atoms with Gasteiger partial charge >= 0.3 is 0 Å². The molecule has 0 fully saturated rings. The summed E-state index contributed by atoms with van der Waals surface area (Å²) in [6.45, 7) is 8.62. The number of H-pyrrole nitrogens is 1. The monoisotopic (exact) mass is 253 g/mol. The van der Waals surface area contributed by atoms with E-state index in [4.69, 9.17) is 4.74 Å². The van der Waals surface area contributed by atoms with E-state index in [9.17, 15) is 4.79 Å². The Labute approximate surface area is 108 Å². The summed E-state index contributed by atoms with van der Waals surface area (Å²) in [7, 11) is 1.63. The first-order valence-electron chi connectivity index (χ1n) is 6.30. The molecule has 1 aromatic heterocycles. The molecule has 0 aliphatic carbocycles. The Kier molecular flexibility index (Phi) is 5.04. The minimum Gasteiger partial charge on any atom is -0.371 e. The molecule has 0 saturated heterocycles. The van der Waals surface area contributed by atoms with Gasteiger partial charge in [-0.25, -0.2) is 4.98 Å². The van der Waals surface area contributed by atoms with Gasteiger partial charge in [0.1, 0.15) is 11.4 Å². The maximum absolute atomic E-state index is 11.7. The Morgan fingerprint density at radius 3 is 2.72 bits per heavy atom. The maximum atomic E-state index is 11.7.